The van der Waals surface area contributed by atoms with Crippen LogP contribution in [0.3, 0.4) is 0 Å². The van der Waals surface area contributed by atoms with Gasteiger partial charge in [-0.25, -0.2) is 9.78 Å². The minimum atomic E-state index is -4.85. The van der Waals surface area contributed by atoms with E-state index in [9.17, 15) is 27.6 Å². The predicted molar refractivity (Wildman–Crippen MR) is 71.2 cm³/mol. The molecule has 10 heteroatoms. The van der Waals surface area contributed by atoms with Crippen LogP contribution >= 0.6 is 0 Å². The monoisotopic (exact) mass is 327 g/mol. The molecule has 0 aliphatic carbocycles. The molecule has 0 radical (unpaired) electrons. The highest BCUT2D eigenvalue weighted by Gasteiger charge is 2.33. The molecule has 1 heterocycles. The molecule has 1 aromatic carbocycles. The van der Waals surface area contributed by atoms with Crippen LogP contribution in [0.4, 0.5) is 19.1 Å². The number of hydrogen-bond acceptors (Lipinski definition) is 4. The molecular formula is C13H8F3N3O4. The summed E-state index contributed by atoms with van der Waals surface area (Å²) in [7, 11) is 0. The number of carbonyl (C=O) groups is 2. The quantitative estimate of drug-likeness (QED) is 0.795. The highest BCUT2D eigenvalue weighted by molar-refractivity contribution is 6.04. The number of carboxylic acids is 1. The Morgan fingerprint density at radius 2 is 1.83 bits per heavy atom. The lowest BCUT2D eigenvalue weighted by molar-refractivity contribution is -0.141. The molecule has 3 N–H and O–H groups in total. The summed E-state index contributed by atoms with van der Waals surface area (Å²) < 4.78 is 37.7. The van der Waals surface area contributed by atoms with Crippen LogP contribution in [-0.2, 0) is 6.18 Å². The molecule has 0 bridgehead atoms. The van der Waals surface area contributed by atoms with Crippen LogP contribution in [0.25, 0.3) is 0 Å². The second kappa shape index (κ2) is 5.91. The number of benzene rings is 1. The molecule has 0 aliphatic rings. The molecule has 0 saturated heterocycles. The van der Waals surface area contributed by atoms with Gasteiger partial charge in [0.15, 0.2) is 5.69 Å². The van der Waals surface area contributed by atoms with E-state index in [1.54, 1.807) is 0 Å². The van der Waals surface area contributed by atoms with Gasteiger partial charge in [0.05, 0.1) is 5.56 Å². The van der Waals surface area contributed by atoms with Crippen LogP contribution in [0.5, 0.6) is 0 Å². The zero-order valence-electron chi connectivity index (χ0n) is 11.1. The van der Waals surface area contributed by atoms with Gasteiger partial charge in [0.1, 0.15) is 0 Å². The zero-order chi connectivity index (χ0) is 17.2. The second-order valence-corrected chi connectivity index (χ2v) is 4.32. The number of anilines is 1. The normalized spacial score (nSPS) is 11.1. The Hall–Kier alpha value is -3.17. The summed E-state index contributed by atoms with van der Waals surface area (Å²) in [5.41, 5.74) is -2.86. The lowest BCUT2D eigenvalue weighted by Crippen LogP contribution is -2.22. The Kier molecular flexibility index (Phi) is 4.16. The molecule has 23 heavy (non-hydrogen) atoms. The smallest absolute Gasteiger partial charge is 0.433 e. The van der Waals surface area contributed by atoms with E-state index in [1.807, 2.05) is 10.3 Å². The van der Waals surface area contributed by atoms with Crippen LogP contribution in [0.15, 0.2) is 35.1 Å². The number of nitrogens with zero attached hydrogens (tertiary/aromatic N) is 1. The fraction of sp³-hybridized carbons (Fsp3) is 0.0769. The average Bonchev–Trinajstić information content (AvgIpc) is 2.45. The number of hydrogen-bond donors (Lipinski definition) is 3. The molecule has 0 saturated carbocycles. The first-order chi connectivity index (χ1) is 10.7. The Balaban J connectivity index is 2.30. The minimum absolute atomic E-state index is 0.120. The number of amides is 1. The number of aromatic amines is 1. The van der Waals surface area contributed by atoms with Gasteiger partial charge in [-0.2, -0.15) is 13.2 Å². The van der Waals surface area contributed by atoms with Crippen molar-refractivity contribution in [3.8, 4) is 0 Å². The number of halogens is 3. The largest absolute Gasteiger partial charge is 0.478 e. The number of H-pyrrole nitrogens is 1. The van der Waals surface area contributed by atoms with Gasteiger partial charge >= 0.3 is 12.1 Å². The first-order valence-corrected chi connectivity index (χ1v) is 6.00. The third kappa shape index (κ3) is 3.93. The van der Waals surface area contributed by atoms with Crippen LogP contribution in [-0.4, -0.2) is 27.0 Å². The van der Waals surface area contributed by atoms with E-state index in [2.05, 4.69) is 4.98 Å². The molecule has 1 aromatic heterocycles. The summed E-state index contributed by atoms with van der Waals surface area (Å²) in [6.07, 6.45) is -4.85. The van der Waals surface area contributed by atoms with Crippen molar-refractivity contribution in [2.24, 2.45) is 0 Å². The Labute approximate surface area is 125 Å². The molecule has 0 spiro atoms. The van der Waals surface area contributed by atoms with Crippen LogP contribution < -0.4 is 10.9 Å². The number of rotatable bonds is 3. The van der Waals surface area contributed by atoms with Crippen molar-refractivity contribution in [2.45, 2.75) is 6.18 Å². The van der Waals surface area contributed by atoms with Crippen molar-refractivity contribution in [1.82, 2.24) is 9.97 Å². The predicted octanol–water partition coefficient (Wildman–Crippen LogP) is 1.74. The van der Waals surface area contributed by atoms with Gasteiger partial charge < -0.3 is 5.11 Å². The molecule has 0 fully saturated rings. The van der Waals surface area contributed by atoms with Crippen LogP contribution in [0.2, 0.25) is 0 Å². The van der Waals surface area contributed by atoms with Crippen molar-refractivity contribution in [2.75, 3.05) is 5.32 Å². The molecule has 0 unspecified atom stereocenters. The van der Waals surface area contributed by atoms with Gasteiger partial charge in [-0.1, -0.05) is 6.07 Å². The SMILES string of the molecule is O=C(O)c1cccc(C(=O)Nc2nc(C(F)(F)F)cc(=O)[nH]2)c1. The number of aromatic carboxylic acids is 1. The van der Waals surface area contributed by atoms with E-state index >= 15 is 0 Å². The van der Waals surface area contributed by atoms with Crippen molar-refractivity contribution in [3.63, 3.8) is 0 Å². The lowest BCUT2D eigenvalue weighted by atomic mass is 10.1. The van der Waals surface area contributed by atoms with E-state index in [0.717, 1.165) is 6.07 Å². The summed E-state index contributed by atoms with van der Waals surface area (Å²) in [6.45, 7) is 0. The lowest BCUT2D eigenvalue weighted by Gasteiger charge is -2.08. The fourth-order valence-electron chi connectivity index (χ4n) is 1.64. The number of carbonyl (C=O) groups excluding carboxylic acids is 1. The van der Waals surface area contributed by atoms with E-state index in [-0.39, 0.29) is 17.2 Å². The highest BCUT2D eigenvalue weighted by Crippen LogP contribution is 2.26. The maximum atomic E-state index is 12.6. The molecule has 0 aliphatic heterocycles. The summed E-state index contributed by atoms with van der Waals surface area (Å²) in [5, 5.41) is 10.8. The van der Waals surface area contributed by atoms with E-state index in [0.29, 0.717) is 0 Å². The molecule has 0 atom stereocenters. The Bertz CT molecular complexity index is 830. The maximum Gasteiger partial charge on any atom is 0.433 e. The van der Waals surface area contributed by atoms with Gasteiger partial charge in [-0.15, -0.1) is 0 Å². The third-order valence-corrected chi connectivity index (χ3v) is 2.64. The number of alkyl halides is 3. The molecule has 7 nitrogen and oxygen atoms in total. The maximum absolute atomic E-state index is 12.6. The van der Waals surface area contributed by atoms with E-state index in [1.165, 1.54) is 18.2 Å². The first-order valence-electron chi connectivity index (χ1n) is 6.00. The third-order valence-electron chi connectivity index (χ3n) is 2.64. The van der Waals surface area contributed by atoms with Gasteiger partial charge in [0, 0.05) is 11.6 Å². The molecule has 2 rings (SSSR count). The second-order valence-electron chi connectivity index (χ2n) is 4.32. The number of aromatic nitrogens is 2. The first kappa shape index (κ1) is 16.2. The molecule has 1 amide bonds. The summed E-state index contributed by atoms with van der Waals surface area (Å²) in [4.78, 5) is 39.0. The molecular weight excluding hydrogens is 319 g/mol. The zero-order valence-corrected chi connectivity index (χ0v) is 11.1. The minimum Gasteiger partial charge on any atom is -0.478 e. The number of nitrogens with one attached hydrogen (secondary N) is 2. The van der Waals surface area contributed by atoms with Crippen molar-refractivity contribution in [1.29, 1.82) is 0 Å². The van der Waals surface area contributed by atoms with Crippen LogP contribution in [0.1, 0.15) is 26.4 Å². The fourth-order valence-corrected chi connectivity index (χ4v) is 1.64. The van der Waals surface area contributed by atoms with Crippen molar-refractivity contribution in [3.05, 3.63) is 57.5 Å². The van der Waals surface area contributed by atoms with Crippen molar-refractivity contribution >= 4 is 17.8 Å². The van der Waals surface area contributed by atoms with Crippen molar-refractivity contribution < 1.29 is 27.9 Å². The van der Waals surface area contributed by atoms with E-state index in [4.69, 9.17) is 5.11 Å². The van der Waals surface area contributed by atoms with Gasteiger partial charge in [-0.05, 0) is 18.2 Å². The summed E-state index contributed by atoms with van der Waals surface area (Å²) in [6, 6.07) is 5.07. The topological polar surface area (TPSA) is 112 Å². The Morgan fingerprint density at radius 1 is 1.17 bits per heavy atom. The van der Waals surface area contributed by atoms with Crippen LogP contribution in [0, 0.1) is 0 Å². The summed E-state index contributed by atoms with van der Waals surface area (Å²) >= 11 is 0. The van der Waals surface area contributed by atoms with Gasteiger partial charge in [-0.3, -0.25) is 19.9 Å². The highest BCUT2D eigenvalue weighted by atomic mass is 19.4. The van der Waals surface area contributed by atoms with E-state index < -0.39 is 35.3 Å². The molecule has 120 valence electrons. The summed E-state index contributed by atoms with van der Waals surface area (Å²) in [5.74, 6) is -2.89. The standard InChI is InChI=1S/C13H8F3N3O4/c14-13(15,16)8-5-9(20)18-12(17-8)19-10(21)6-2-1-3-7(4-6)11(22)23/h1-5H,(H,22,23)(H2,17,18,19,20,21). The average molecular weight is 327 g/mol. The molecule has 2 aromatic rings. The van der Waals surface area contributed by atoms with Gasteiger partial charge in [0.2, 0.25) is 5.95 Å². The van der Waals surface area contributed by atoms with Gasteiger partial charge in [0.25, 0.3) is 11.5 Å². The Morgan fingerprint density at radius 3 is 2.43 bits per heavy atom. The number of carboxylic acid groups (broad SMARTS) is 1.